The van der Waals surface area contributed by atoms with Crippen molar-refractivity contribution in [2.75, 3.05) is 5.73 Å². The smallest absolute Gasteiger partial charge is 0.425 e. The Morgan fingerprint density at radius 3 is 2.57 bits per heavy atom. The Kier molecular flexibility index (Phi) is 5.01. The largest absolute Gasteiger partial charge is 0.452 e. The van der Waals surface area contributed by atoms with Gasteiger partial charge in [0.2, 0.25) is 0 Å². The lowest BCUT2D eigenvalue weighted by Crippen LogP contribution is -2.48. The number of carbonyl (C=O) groups excluding carboxylic acids is 1. The summed E-state index contributed by atoms with van der Waals surface area (Å²) in [7, 11) is 0. The molecule has 0 saturated carbocycles. The molecule has 2 aromatic carbocycles. The Labute approximate surface area is 158 Å². The number of nitrogens with zero attached hydrogens (tertiary/aromatic N) is 1. The van der Waals surface area contributed by atoms with E-state index in [2.05, 4.69) is 10.3 Å². The fourth-order valence-corrected chi connectivity index (χ4v) is 2.96. The van der Waals surface area contributed by atoms with Crippen LogP contribution in [-0.2, 0) is 10.3 Å². The minimum atomic E-state index is -4.74. The Balaban J connectivity index is 2.00. The molecule has 1 aliphatic heterocycles. The molecule has 1 aliphatic rings. The van der Waals surface area contributed by atoms with Gasteiger partial charge >= 0.3 is 6.18 Å². The molecule has 2 aromatic rings. The van der Waals surface area contributed by atoms with Gasteiger partial charge in [0, 0.05) is 23.2 Å². The van der Waals surface area contributed by atoms with E-state index in [1.54, 1.807) is 18.2 Å². The van der Waals surface area contributed by atoms with E-state index in [1.807, 2.05) is 0 Å². The number of halogens is 4. The summed E-state index contributed by atoms with van der Waals surface area (Å²) in [4.78, 5) is 16.4. The predicted molar refractivity (Wildman–Crippen MR) is 95.1 cm³/mol. The summed E-state index contributed by atoms with van der Waals surface area (Å²) in [6, 6.07) is 10.8. The lowest BCUT2D eigenvalue weighted by molar-refractivity contribution is -0.208. The number of nitrogens with two attached hydrogens (primary N) is 1. The van der Waals surface area contributed by atoms with Crippen LogP contribution in [0.2, 0.25) is 0 Å². The zero-order chi connectivity index (χ0) is 20.5. The van der Waals surface area contributed by atoms with Crippen molar-refractivity contribution in [1.82, 2.24) is 5.32 Å². The molecule has 3 N–H and O–H groups in total. The molecule has 3 rings (SSSR count). The first-order valence-electron chi connectivity index (χ1n) is 8.33. The normalized spacial score (nSPS) is 22.2. The van der Waals surface area contributed by atoms with Crippen molar-refractivity contribution in [3.8, 4) is 0 Å². The molecular weight excluding hydrogens is 378 g/mol. The number of anilines is 1. The summed E-state index contributed by atoms with van der Waals surface area (Å²) in [6.45, 7) is 1.33. The average Bonchev–Trinajstić information content (AvgIpc) is 2.63. The maximum Gasteiger partial charge on any atom is 0.425 e. The number of nitrogens with one attached hydrogen (secondary N) is 1. The summed E-state index contributed by atoms with van der Waals surface area (Å²) >= 11 is 0. The van der Waals surface area contributed by atoms with Crippen LogP contribution in [0.15, 0.2) is 53.5 Å². The molecule has 0 fully saturated rings. The molecule has 1 heterocycles. The van der Waals surface area contributed by atoms with Crippen molar-refractivity contribution in [3.05, 3.63) is 65.5 Å². The number of aliphatic imine (C=N–C) groups is 1. The maximum absolute atomic E-state index is 14.3. The van der Waals surface area contributed by atoms with Gasteiger partial charge in [-0.25, -0.2) is 9.38 Å². The highest BCUT2D eigenvalue weighted by Crippen LogP contribution is 2.41. The Bertz CT molecular complexity index is 915. The standard InChI is InChI=1S/C19H17F4N3O2/c1-18(13-9-12(24)7-8-14(13)20)10-15(19(21,22)23)28-17(26-18)25-16(27)11-5-3-2-4-6-11/h2-9,15H,10,24H2,1H3,(H,25,26,27)/t15?,18-/m0/s1. The van der Waals surface area contributed by atoms with Gasteiger partial charge in [0.05, 0.1) is 5.54 Å². The number of hydrogen-bond donors (Lipinski definition) is 2. The zero-order valence-corrected chi connectivity index (χ0v) is 14.8. The number of nitrogen functional groups attached to an aromatic ring is 1. The second-order valence-corrected chi connectivity index (χ2v) is 6.60. The minimum Gasteiger partial charge on any atom is -0.452 e. The molecule has 0 bridgehead atoms. The van der Waals surface area contributed by atoms with Crippen LogP contribution in [0.3, 0.4) is 0 Å². The van der Waals surface area contributed by atoms with Crippen LogP contribution in [0.5, 0.6) is 0 Å². The van der Waals surface area contributed by atoms with Gasteiger partial charge in [-0.15, -0.1) is 0 Å². The monoisotopic (exact) mass is 395 g/mol. The second-order valence-electron chi connectivity index (χ2n) is 6.60. The molecule has 1 unspecified atom stereocenters. The quantitative estimate of drug-likeness (QED) is 0.601. The second kappa shape index (κ2) is 7.14. The SMILES string of the molecule is C[C@@]1(c2cc(N)ccc2F)CC(C(F)(F)F)OC(NC(=O)c2ccccc2)=N1. The molecule has 9 heteroatoms. The van der Waals surface area contributed by atoms with Crippen LogP contribution < -0.4 is 11.1 Å². The molecule has 148 valence electrons. The molecule has 5 nitrogen and oxygen atoms in total. The van der Waals surface area contributed by atoms with Crippen LogP contribution in [0.1, 0.15) is 29.3 Å². The molecule has 0 aliphatic carbocycles. The van der Waals surface area contributed by atoms with E-state index >= 15 is 0 Å². The number of rotatable bonds is 2. The Morgan fingerprint density at radius 2 is 1.93 bits per heavy atom. The van der Waals surface area contributed by atoms with Crippen LogP contribution in [0.4, 0.5) is 23.2 Å². The van der Waals surface area contributed by atoms with E-state index in [0.717, 1.165) is 6.07 Å². The number of amidine groups is 1. The lowest BCUT2D eigenvalue weighted by atomic mass is 9.85. The molecule has 0 radical (unpaired) electrons. The summed E-state index contributed by atoms with van der Waals surface area (Å²) in [5, 5.41) is 2.23. The van der Waals surface area contributed by atoms with Crippen LogP contribution >= 0.6 is 0 Å². The van der Waals surface area contributed by atoms with Gasteiger partial charge in [-0.2, -0.15) is 13.2 Å². The number of hydrogen-bond acceptors (Lipinski definition) is 4. The minimum absolute atomic E-state index is 0.114. The molecule has 2 atom stereocenters. The van der Waals surface area contributed by atoms with Crippen LogP contribution in [0, 0.1) is 5.82 Å². The molecule has 28 heavy (non-hydrogen) atoms. The highest BCUT2D eigenvalue weighted by atomic mass is 19.4. The third-order valence-electron chi connectivity index (χ3n) is 4.38. The van der Waals surface area contributed by atoms with Gasteiger partial charge in [-0.3, -0.25) is 10.1 Å². The molecular formula is C19H17F4N3O2. The topological polar surface area (TPSA) is 76.7 Å². The molecule has 1 amide bonds. The first-order valence-corrected chi connectivity index (χ1v) is 8.33. The number of benzene rings is 2. The molecule has 0 saturated heterocycles. The third-order valence-corrected chi connectivity index (χ3v) is 4.38. The van der Waals surface area contributed by atoms with Gasteiger partial charge < -0.3 is 10.5 Å². The van der Waals surface area contributed by atoms with Gasteiger partial charge in [0.1, 0.15) is 5.82 Å². The highest BCUT2D eigenvalue weighted by molar-refractivity contribution is 6.04. The van der Waals surface area contributed by atoms with E-state index in [-0.39, 0.29) is 16.8 Å². The van der Waals surface area contributed by atoms with E-state index < -0.39 is 42.0 Å². The van der Waals surface area contributed by atoms with Crippen LogP contribution in [0.25, 0.3) is 0 Å². The average molecular weight is 395 g/mol. The van der Waals surface area contributed by atoms with E-state index in [0.29, 0.717) is 0 Å². The number of carbonyl (C=O) groups is 1. The highest BCUT2D eigenvalue weighted by Gasteiger charge is 2.50. The Hall–Kier alpha value is -3.10. The van der Waals surface area contributed by atoms with E-state index in [4.69, 9.17) is 10.5 Å². The summed E-state index contributed by atoms with van der Waals surface area (Å²) in [5.41, 5.74) is 4.30. The van der Waals surface area contributed by atoms with Crippen LogP contribution in [-0.4, -0.2) is 24.2 Å². The fourth-order valence-electron chi connectivity index (χ4n) is 2.96. The van der Waals surface area contributed by atoms with Gasteiger partial charge in [0.25, 0.3) is 11.9 Å². The molecule has 0 aromatic heterocycles. The zero-order valence-electron chi connectivity index (χ0n) is 14.8. The van der Waals surface area contributed by atoms with Crippen molar-refractivity contribution in [1.29, 1.82) is 0 Å². The maximum atomic E-state index is 14.3. The first-order chi connectivity index (χ1) is 13.1. The third kappa shape index (κ3) is 4.08. The van der Waals surface area contributed by atoms with Crippen molar-refractivity contribution >= 4 is 17.6 Å². The number of alkyl halides is 3. The molecule has 0 spiro atoms. The summed E-state index contributed by atoms with van der Waals surface area (Å²) < 4.78 is 59.4. The van der Waals surface area contributed by atoms with E-state index in [9.17, 15) is 22.4 Å². The van der Waals surface area contributed by atoms with E-state index in [1.165, 1.54) is 31.2 Å². The van der Waals surface area contributed by atoms with Crippen molar-refractivity contribution < 1.29 is 27.1 Å². The van der Waals surface area contributed by atoms with Crippen molar-refractivity contribution in [2.24, 2.45) is 4.99 Å². The number of ether oxygens (including phenoxy) is 1. The predicted octanol–water partition coefficient (Wildman–Crippen LogP) is 3.76. The number of amides is 1. The Morgan fingerprint density at radius 1 is 1.25 bits per heavy atom. The van der Waals surface area contributed by atoms with Crippen molar-refractivity contribution in [2.45, 2.75) is 31.2 Å². The fraction of sp³-hybridized carbons (Fsp3) is 0.263. The summed E-state index contributed by atoms with van der Waals surface area (Å²) in [6.07, 6.45) is -7.68. The van der Waals surface area contributed by atoms with Gasteiger partial charge in [-0.1, -0.05) is 18.2 Å². The first kappa shape index (κ1) is 19.7. The van der Waals surface area contributed by atoms with Gasteiger partial charge in [-0.05, 0) is 37.3 Å². The summed E-state index contributed by atoms with van der Waals surface area (Å²) in [5.74, 6) is -1.45. The lowest BCUT2D eigenvalue weighted by Gasteiger charge is -2.36. The van der Waals surface area contributed by atoms with Gasteiger partial charge in [0.15, 0.2) is 6.10 Å². The van der Waals surface area contributed by atoms with Crippen molar-refractivity contribution in [3.63, 3.8) is 0 Å².